The van der Waals surface area contributed by atoms with E-state index in [2.05, 4.69) is 5.32 Å². The first kappa shape index (κ1) is 17.7. The molecule has 1 aromatic carbocycles. The van der Waals surface area contributed by atoms with E-state index in [9.17, 15) is 18.0 Å². The molecular weight excluding hydrogens is 358 g/mol. The summed E-state index contributed by atoms with van der Waals surface area (Å²) in [5.74, 6) is -2.03. The Labute approximate surface area is 139 Å². The van der Waals surface area contributed by atoms with Gasteiger partial charge in [0, 0.05) is 18.2 Å². The van der Waals surface area contributed by atoms with Crippen molar-refractivity contribution in [1.29, 1.82) is 0 Å². The van der Waals surface area contributed by atoms with Crippen LogP contribution in [-0.2, 0) is 4.79 Å². The monoisotopic (exact) mass is 369 g/mol. The average Bonchev–Trinajstić information content (AvgIpc) is 2.43. The average molecular weight is 370 g/mol. The predicted molar refractivity (Wildman–Crippen MR) is 81.1 cm³/mol. The maximum absolute atomic E-state index is 13.2. The number of hydrogen-bond donors (Lipinski definition) is 2. The molecule has 1 aromatic rings. The predicted octanol–water partition coefficient (Wildman–Crippen LogP) is 4.52. The van der Waals surface area contributed by atoms with Gasteiger partial charge in [0.15, 0.2) is 0 Å². The van der Waals surface area contributed by atoms with Gasteiger partial charge in [-0.2, -0.15) is 13.2 Å². The number of fused-ring (bicyclic) bond motifs is 1. The van der Waals surface area contributed by atoms with E-state index >= 15 is 0 Å². The zero-order valence-corrected chi connectivity index (χ0v) is 13.3. The second kappa shape index (κ2) is 6.13. The quantitative estimate of drug-likeness (QED) is 0.766. The first-order valence-corrected chi connectivity index (χ1v) is 7.33. The van der Waals surface area contributed by atoms with Crippen LogP contribution in [0.4, 0.5) is 18.9 Å². The van der Waals surface area contributed by atoms with E-state index in [1.807, 2.05) is 6.92 Å². The summed E-state index contributed by atoms with van der Waals surface area (Å²) in [6, 6.07) is 2.59. The third-order valence-electron chi connectivity index (χ3n) is 3.16. The molecule has 0 amide bonds. The standard InChI is InChI=1S/C14H12Cl2F3NO3/c1-2-3-20-10-6-11-7(5-9(10)15)4-8(12(21)22)13(16,23-11)14(17,18)19/h4-6,20H,2-3H2,1H3,(H,21,22). The summed E-state index contributed by atoms with van der Waals surface area (Å²) < 4.78 is 44.5. The highest BCUT2D eigenvalue weighted by atomic mass is 35.5. The number of halogens is 5. The van der Waals surface area contributed by atoms with Crippen molar-refractivity contribution in [3.05, 3.63) is 28.3 Å². The molecule has 1 heterocycles. The van der Waals surface area contributed by atoms with Crippen molar-refractivity contribution in [1.82, 2.24) is 0 Å². The summed E-state index contributed by atoms with van der Waals surface area (Å²) in [5, 5.41) is 8.74. The molecule has 126 valence electrons. The number of carboxylic acid groups (broad SMARTS) is 1. The number of rotatable bonds is 4. The maximum Gasteiger partial charge on any atom is 0.448 e. The molecule has 1 aliphatic rings. The van der Waals surface area contributed by atoms with Gasteiger partial charge in [-0.15, -0.1) is 0 Å². The Hall–Kier alpha value is -1.60. The molecular formula is C14H12Cl2F3NO3. The van der Waals surface area contributed by atoms with Crippen LogP contribution in [0.25, 0.3) is 6.08 Å². The molecule has 2 N–H and O–H groups in total. The summed E-state index contributed by atoms with van der Waals surface area (Å²) in [6.45, 7) is 2.46. The van der Waals surface area contributed by atoms with Crippen molar-refractivity contribution < 1.29 is 27.8 Å². The normalized spacial score (nSPS) is 20.3. The molecule has 2 rings (SSSR count). The van der Waals surface area contributed by atoms with Gasteiger partial charge >= 0.3 is 17.2 Å². The molecule has 0 fully saturated rings. The van der Waals surface area contributed by atoms with Crippen molar-refractivity contribution in [3.63, 3.8) is 0 Å². The summed E-state index contributed by atoms with van der Waals surface area (Å²) >= 11 is 11.5. The summed E-state index contributed by atoms with van der Waals surface area (Å²) in [5.41, 5.74) is -0.639. The van der Waals surface area contributed by atoms with Crippen LogP contribution < -0.4 is 10.1 Å². The van der Waals surface area contributed by atoms with Crippen molar-refractivity contribution in [2.45, 2.75) is 24.6 Å². The van der Waals surface area contributed by atoms with Crippen molar-refractivity contribution in [3.8, 4) is 5.75 Å². The molecule has 0 aromatic heterocycles. The van der Waals surface area contributed by atoms with Crippen LogP contribution in [0.3, 0.4) is 0 Å². The second-order valence-electron chi connectivity index (χ2n) is 4.85. The molecule has 1 atom stereocenters. The van der Waals surface area contributed by atoms with Gasteiger partial charge < -0.3 is 15.2 Å². The van der Waals surface area contributed by atoms with Crippen LogP contribution in [0.15, 0.2) is 17.7 Å². The van der Waals surface area contributed by atoms with Gasteiger partial charge in [-0.1, -0.05) is 30.1 Å². The van der Waals surface area contributed by atoms with Gasteiger partial charge in [0.25, 0.3) is 0 Å². The minimum absolute atomic E-state index is 0.106. The van der Waals surface area contributed by atoms with E-state index in [4.69, 9.17) is 33.0 Å². The largest absolute Gasteiger partial charge is 0.478 e. The number of ether oxygens (including phenoxy) is 1. The van der Waals surface area contributed by atoms with E-state index in [1.165, 1.54) is 12.1 Å². The van der Waals surface area contributed by atoms with Gasteiger partial charge in [0.2, 0.25) is 0 Å². The Bertz CT molecular complexity index is 676. The molecule has 0 saturated heterocycles. The van der Waals surface area contributed by atoms with E-state index in [0.717, 1.165) is 12.5 Å². The molecule has 0 spiro atoms. The summed E-state index contributed by atoms with van der Waals surface area (Å²) in [4.78, 5) is 11.1. The van der Waals surface area contributed by atoms with Crippen LogP contribution in [0.1, 0.15) is 18.9 Å². The highest BCUT2D eigenvalue weighted by molar-refractivity contribution is 6.33. The molecule has 1 aliphatic heterocycles. The zero-order valence-electron chi connectivity index (χ0n) is 11.8. The Morgan fingerprint density at radius 3 is 2.61 bits per heavy atom. The highest BCUT2D eigenvalue weighted by Gasteiger charge is 2.62. The van der Waals surface area contributed by atoms with Crippen molar-refractivity contribution >= 4 is 40.9 Å². The first-order valence-electron chi connectivity index (χ1n) is 6.57. The first-order chi connectivity index (χ1) is 10.6. The fourth-order valence-electron chi connectivity index (χ4n) is 2.03. The Balaban J connectivity index is 2.56. The number of benzene rings is 1. The molecule has 9 heteroatoms. The fourth-order valence-corrected chi connectivity index (χ4v) is 2.49. The van der Waals surface area contributed by atoms with E-state index in [0.29, 0.717) is 12.2 Å². The highest BCUT2D eigenvalue weighted by Crippen LogP contribution is 2.49. The minimum Gasteiger partial charge on any atom is -0.478 e. The molecule has 0 bridgehead atoms. The second-order valence-corrected chi connectivity index (χ2v) is 5.79. The lowest BCUT2D eigenvalue weighted by molar-refractivity contribution is -0.204. The van der Waals surface area contributed by atoms with Crippen LogP contribution in [0.2, 0.25) is 5.02 Å². The number of anilines is 1. The Morgan fingerprint density at radius 1 is 1.43 bits per heavy atom. The molecule has 23 heavy (non-hydrogen) atoms. The van der Waals surface area contributed by atoms with Crippen LogP contribution in [-0.4, -0.2) is 28.9 Å². The van der Waals surface area contributed by atoms with E-state index in [1.54, 1.807) is 0 Å². The van der Waals surface area contributed by atoms with Gasteiger partial charge in [-0.05, 0) is 18.6 Å². The van der Waals surface area contributed by atoms with Crippen LogP contribution >= 0.6 is 23.2 Å². The maximum atomic E-state index is 13.2. The minimum atomic E-state index is -5.12. The van der Waals surface area contributed by atoms with E-state index in [-0.39, 0.29) is 16.3 Å². The third-order valence-corrected chi connectivity index (χ3v) is 3.96. The van der Waals surface area contributed by atoms with Crippen molar-refractivity contribution in [2.24, 2.45) is 0 Å². The SMILES string of the molecule is CCCNc1cc2c(cc1Cl)C=C(C(=O)O)C(Cl)(C(F)(F)F)O2. The number of carboxylic acids is 1. The summed E-state index contributed by atoms with van der Waals surface area (Å²) in [6.07, 6.45) is -3.52. The Morgan fingerprint density at radius 2 is 2.09 bits per heavy atom. The fraction of sp³-hybridized carbons (Fsp3) is 0.357. The third kappa shape index (κ3) is 3.21. The smallest absolute Gasteiger partial charge is 0.448 e. The molecule has 1 unspecified atom stereocenters. The number of alkyl halides is 4. The molecule has 0 aliphatic carbocycles. The van der Waals surface area contributed by atoms with Gasteiger partial charge in [-0.3, -0.25) is 0 Å². The lowest BCUT2D eigenvalue weighted by Gasteiger charge is -2.34. The topological polar surface area (TPSA) is 58.6 Å². The van der Waals surface area contributed by atoms with Crippen LogP contribution in [0, 0.1) is 0 Å². The lowest BCUT2D eigenvalue weighted by atomic mass is 10.00. The number of carbonyl (C=O) groups is 1. The van der Waals surface area contributed by atoms with Gasteiger partial charge in [-0.25, -0.2) is 4.79 Å². The lowest BCUT2D eigenvalue weighted by Crippen LogP contribution is -2.50. The van der Waals surface area contributed by atoms with E-state index < -0.39 is 22.8 Å². The number of aliphatic carboxylic acids is 1. The van der Waals surface area contributed by atoms with Crippen molar-refractivity contribution in [2.75, 3.05) is 11.9 Å². The van der Waals surface area contributed by atoms with Crippen LogP contribution in [0.5, 0.6) is 5.75 Å². The molecule has 0 saturated carbocycles. The molecule has 0 radical (unpaired) electrons. The number of hydrogen-bond acceptors (Lipinski definition) is 3. The summed E-state index contributed by atoms with van der Waals surface area (Å²) in [7, 11) is 0. The zero-order chi connectivity index (χ0) is 17.4. The van der Waals surface area contributed by atoms with Gasteiger partial charge in [0.1, 0.15) is 11.3 Å². The number of nitrogens with one attached hydrogen (secondary N) is 1. The molecule has 4 nitrogen and oxygen atoms in total. The van der Waals surface area contributed by atoms with Gasteiger partial charge in [0.05, 0.1) is 10.7 Å². The Kier molecular flexibility index (Phi) is 4.73.